The SMILES string of the molecule is Cl.Cl.FC(F)(F)c1cc(-c2cccc3[cH-]c(CC4CCCC4)cc23)cc(C(F)(F)F)c1.FC(F)(F)c1cc(-c2cccc3[cH-]c(CC4CCCC4)cc23)cc(C(F)(F)F)c1.[CH2-]CC(F)(F)F.[CH3-].[Si]=[Zr]. The minimum absolute atomic E-state index is 0. The number of hydrogen-bond donors (Lipinski definition) is 0. The quantitative estimate of drug-likeness (QED) is 0.0886. The van der Waals surface area contributed by atoms with Crippen LogP contribution >= 0.6 is 24.8 Å². The molecular formula is C50H47Cl2F15SiZr-4. The van der Waals surface area contributed by atoms with E-state index in [-0.39, 0.29) is 55.5 Å². The van der Waals surface area contributed by atoms with Crippen LogP contribution in [0.25, 0.3) is 43.8 Å². The molecule has 2 fully saturated rings. The van der Waals surface area contributed by atoms with Gasteiger partial charge in [0.05, 0.1) is 22.3 Å². The summed E-state index contributed by atoms with van der Waals surface area (Å²) in [7, 11) is 0. The standard InChI is InChI=1S/2C23H19F6.C3H4F3.CH3.2ClH.Si.Zr/c2*24-22(25,26)18-11-17(12-19(13-18)23(27,28)29)20-7-3-6-16-9-15(10-21(16)20)8-14-4-1-2-5-14;1-2-3(4,5)6;;;;;/h2*3,6-7,9-14H,1-2,4-5,8H2;1-2H2;1H3;2*1H;;/q4*-1;;;;. The van der Waals surface area contributed by atoms with Gasteiger partial charge in [0.25, 0.3) is 0 Å². The molecule has 19 heteroatoms. The van der Waals surface area contributed by atoms with Gasteiger partial charge in [-0.3, -0.25) is 0 Å². The average molecular weight is 1120 g/mol. The molecule has 0 amide bonds. The van der Waals surface area contributed by atoms with E-state index in [1.807, 2.05) is 36.4 Å². The molecular weight excluding hydrogens is 1080 g/mol. The fourth-order valence-corrected chi connectivity index (χ4v) is 8.65. The van der Waals surface area contributed by atoms with Crippen LogP contribution in [-0.2, 0) is 60.9 Å². The second-order valence-corrected chi connectivity index (χ2v) is 16.5. The first-order valence-electron chi connectivity index (χ1n) is 20.9. The zero-order valence-electron chi connectivity index (χ0n) is 36.9. The van der Waals surface area contributed by atoms with Crippen LogP contribution in [0.15, 0.2) is 97.1 Å². The molecule has 0 spiro atoms. The molecule has 0 aliphatic heterocycles. The van der Waals surface area contributed by atoms with Gasteiger partial charge >= 0.3 is 61.1 Å². The Morgan fingerprint density at radius 1 is 0.478 bits per heavy atom. The normalized spacial score (nSPS) is 14.6. The molecule has 6 aromatic rings. The van der Waals surface area contributed by atoms with Crippen molar-refractivity contribution in [2.75, 3.05) is 0 Å². The second kappa shape index (κ2) is 25.4. The maximum absolute atomic E-state index is 13.2. The van der Waals surface area contributed by atoms with Crippen molar-refractivity contribution in [3.05, 3.63) is 145 Å². The van der Waals surface area contributed by atoms with E-state index in [9.17, 15) is 65.9 Å². The van der Waals surface area contributed by atoms with Crippen molar-refractivity contribution in [2.45, 2.75) is 102 Å². The number of benzene rings is 4. The molecule has 69 heavy (non-hydrogen) atoms. The van der Waals surface area contributed by atoms with E-state index >= 15 is 0 Å². The van der Waals surface area contributed by atoms with Gasteiger partial charge in [0.2, 0.25) is 0 Å². The Morgan fingerprint density at radius 2 is 0.754 bits per heavy atom. The van der Waals surface area contributed by atoms with Gasteiger partial charge < -0.3 is 14.4 Å². The van der Waals surface area contributed by atoms with Crippen molar-refractivity contribution in [2.24, 2.45) is 11.8 Å². The molecule has 378 valence electrons. The molecule has 6 aromatic carbocycles. The van der Waals surface area contributed by atoms with Crippen molar-refractivity contribution in [1.82, 2.24) is 0 Å². The van der Waals surface area contributed by atoms with E-state index in [1.54, 1.807) is 24.3 Å². The van der Waals surface area contributed by atoms with Gasteiger partial charge in [-0.2, -0.15) is 78.0 Å². The number of halogens is 17. The van der Waals surface area contributed by atoms with E-state index < -0.39 is 59.6 Å². The molecule has 2 aliphatic carbocycles. The first kappa shape index (κ1) is 61.8. The van der Waals surface area contributed by atoms with E-state index in [2.05, 4.69) is 13.8 Å². The first-order chi connectivity index (χ1) is 30.8. The van der Waals surface area contributed by atoms with Crippen LogP contribution in [0.1, 0.15) is 91.2 Å². The zero-order chi connectivity index (χ0) is 48.8. The van der Waals surface area contributed by atoms with Gasteiger partial charge in [0, 0.05) is 0 Å². The molecule has 0 aromatic heterocycles. The molecule has 0 atom stereocenters. The number of hydrogen-bond acceptors (Lipinski definition) is 0. The van der Waals surface area contributed by atoms with Crippen LogP contribution in [0, 0.1) is 26.2 Å². The molecule has 2 saturated carbocycles. The summed E-state index contributed by atoms with van der Waals surface area (Å²) in [5.41, 5.74) is -2.38. The number of alkyl halides is 15. The Morgan fingerprint density at radius 3 is 1.00 bits per heavy atom. The third kappa shape index (κ3) is 17.2. The van der Waals surface area contributed by atoms with E-state index in [1.165, 1.54) is 49.0 Å². The van der Waals surface area contributed by atoms with Crippen molar-refractivity contribution in [3.63, 3.8) is 0 Å². The Kier molecular flexibility index (Phi) is 22.8. The monoisotopic (exact) mass is 1120 g/mol. The number of fused-ring (bicyclic) bond motifs is 2. The Balaban J connectivity index is 0.000000395. The summed E-state index contributed by atoms with van der Waals surface area (Å²) in [4.78, 5) is 0. The van der Waals surface area contributed by atoms with Crippen LogP contribution in [-0.4, -0.2) is 13.1 Å². The molecule has 2 aliphatic rings. The van der Waals surface area contributed by atoms with Crippen molar-refractivity contribution in [3.8, 4) is 22.3 Å². The predicted molar refractivity (Wildman–Crippen MR) is 244 cm³/mol. The van der Waals surface area contributed by atoms with Crippen LogP contribution in [0.2, 0.25) is 0 Å². The average Bonchev–Trinajstić information content (AvgIpc) is 4.09. The van der Waals surface area contributed by atoms with Crippen LogP contribution in [0.5, 0.6) is 0 Å². The molecule has 0 N–H and O–H groups in total. The summed E-state index contributed by atoms with van der Waals surface area (Å²) in [6, 6.07) is 21.5. The fourth-order valence-electron chi connectivity index (χ4n) is 8.65. The van der Waals surface area contributed by atoms with E-state index in [4.69, 9.17) is 0 Å². The third-order valence-corrected chi connectivity index (χ3v) is 11.7. The van der Waals surface area contributed by atoms with Gasteiger partial charge in [-0.25, -0.2) is 0 Å². The molecule has 0 unspecified atom stereocenters. The summed E-state index contributed by atoms with van der Waals surface area (Å²) in [5, 5.41) is 3.05. The summed E-state index contributed by atoms with van der Waals surface area (Å²) in [6.07, 6.45) is -13.2. The molecule has 2 radical (unpaired) electrons. The summed E-state index contributed by atoms with van der Waals surface area (Å²) in [5.74, 6) is 1.20. The van der Waals surface area contributed by atoms with Crippen LogP contribution in [0.3, 0.4) is 0 Å². The van der Waals surface area contributed by atoms with Gasteiger partial charge in [-0.1, -0.05) is 81.0 Å². The van der Waals surface area contributed by atoms with E-state index in [0.717, 1.165) is 84.7 Å². The Bertz CT molecular complexity index is 2300. The van der Waals surface area contributed by atoms with Crippen molar-refractivity contribution >= 4 is 53.2 Å². The Hall–Kier alpha value is -3.27. The summed E-state index contributed by atoms with van der Waals surface area (Å²) in [6.45, 7) is 5.69. The van der Waals surface area contributed by atoms with Gasteiger partial charge in [-0.05, 0) is 72.2 Å². The predicted octanol–water partition coefficient (Wildman–Crippen LogP) is 18.7. The third-order valence-electron chi connectivity index (χ3n) is 11.7. The van der Waals surface area contributed by atoms with Crippen molar-refractivity contribution in [1.29, 1.82) is 0 Å². The molecule has 0 heterocycles. The summed E-state index contributed by atoms with van der Waals surface area (Å²) >= 11 is 1.36. The van der Waals surface area contributed by atoms with Gasteiger partial charge in [0.15, 0.2) is 0 Å². The minimum atomic E-state index is -4.86. The van der Waals surface area contributed by atoms with Crippen molar-refractivity contribution < 1.29 is 89.2 Å². The maximum atomic E-state index is 13.2. The zero-order valence-corrected chi connectivity index (χ0v) is 42.0. The molecule has 0 bridgehead atoms. The molecule has 0 nitrogen and oxygen atoms in total. The molecule has 0 saturated heterocycles. The van der Waals surface area contributed by atoms with Crippen LogP contribution in [0.4, 0.5) is 65.9 Å². The van der Waals surface area contributed by atoms with Crippen LogP contribution < -0.4 is 0 Å². The fraction of sp³-hybridized carbons (Fsp3) is 0.360. The van der Waals surface area contributed by atoms with E-state index in [0.29, 0.717) is 33.7 Å². The summed E-state index contributed by atoms with van der Waals surface area (Å²) < 4.78 is 191. The Labute approximate surface area is 420 Å². The van der Waals surface area contributed by atoms with Gasteiger partial charge in [-0.15, -0.1) is 93.9 Å². The topological polar surface area (TPSA) is 0 Å². The first-order valence-corrected chi connectivity index (χ1v) is 25.0. The number of rotatable bonds is 6. The molecule has 8 rings (SSSR count). The van der Waals surface area contributed by atoms with Gasteiger partial charge in [0.1, 0.15) is 0 Å². The second-order valence-electron chi connectivity index (χ2n) is 16.5.